The Bertz CT molecular complexity index is 383. The van der Waals surface area contributed by atoms with Crippen molar-refractivity contribution in [3.63, 3.8) is 0 Å². The van der Waals surface area contributed by atoms with Crippen LogP contribution in [0, 0.1) is 0 Å². The smallest absolute Gasteiger partial charge is 0.0367 e. The van der Waals surface area contributed by atoms with E-state index in [0.29, 0.717) is 0 Å². The summed E-state index contributed by atoms with van der Waals surface area (Å²) in [6.45, 7) is 12.4. The summed E-state index contributed by atoms with van der Waals surface area (Å²) in [6, 6.07) is 9.00. The van der Waals surface area contributed by atoms with E-state index >= 15 is 0 Å². The summed E-state index contributed by atoms with van der Waals surface area (Å²) in [5, 5.41) is 1.90. The first kappa shape index (κ1) is 18.9. The largest absolute Gasteiger partial charge is 0.369 e. The highest BCUT2D eigenvalue weighted by atomic mass is 15.4. The van der Waals surface area contributed by atoms with Gasteiger partial charge in [-0.25, -0.2) is 5.01 Å². The number of rotatable bonds is 6. The van der Waals surface area contributed by atoms with Crippen LogP contribution in [0.5, 0.6) is 0 Å². The Morgan fingerprint density at radius 2 is 1.64 bits per heavy atom. The molecule has 0 bridgehead atoms. The molecule has 1 aromatic carbocycles. The Morgan fingerprint density at radius 1 is 1.05 bits per heavy atom. The summed E-state index contributed by atoms with van der Waals surface area (Å²) < 4.78 is 0. The van der Waals surface area contributed by atoms with Crippen molar-refractivity contribution in [3.05, 3.63) is 29.8 Å². The molecule has 0 radical (unpaired) electrons. The first-order chi connectivity index (χ1) is 10.7. The molecule has 0 aromatic heterocycles. The lowest BCUT2D eigenvalue weighted by Crippen LogP contribution is -2.49. The van der Waals surface area contributed by atoms with Crippen LogP contribution in [0.25, 0.3) is 0 Å². The maximum Gasteiger partial charge on any atom is 0.0367 e. The number of benzene rings is 1. The first-order valence-corrected chi connectivity index (χ1v) is 8.71. The van der Waals surface area contributed by atoms with Gasteiger partial charge in [0.15, 0.2) is 0 Å². The number of hydrogen-bond acceptors (Lipinski definition) is 4. The minimum Gasteiger partial charge on any atom is -0.369 e. The van der Waals surface area contributed by atoms with Crippen molar-refractivity contribution in [1.29, 1.82) is 0 Å². The molecule has 1 aromatic rings. The van der Waals surface area contributed by atoms with Crippen LogP contribution in [0.4, 0.5) is 5.69 Å². The molecule has 126 valence electrons. The van der Waals surface area contributed by atoms with Gasteiger partial charge in [-0.1, -0.05) is 39.3 Å². The van der Waals surface area contributed by atoms with Gasteiger partial charge in [0, 0.05) is 38.4 Å². The number of hydrazine groups is 1. The summed E-state index contributed by atoms with van der Waals surface area (Å²) in [6.07, 6.45) is 2.54. The summed E-state index contributed by atoms with van der Waals surface area (Å²) in [4.78, 5) is 4.81. The van der Waals surface area contributed by atoms with Crippen LogP contribution in [-0.4, -0.2) is 49.7 Å². The van der Waals surface area contributed by atoms with Gasteiger partial charge in [-0.2, -0.15) is 0 Å². The molecular formula is C18H34N4. The second-order valence-electron chi connectivity index (χ2n) is 5.78. The lowest BCUT2D eigenvalue weighted by molar-refractivity contribution is 0.266. The van der Waals surface area contributed by atoms with Crippen molar-refractivity contribution in [2.75, 3.05) is 44.7 Å². The van der Waals surface area contributed by atoms with E-state index in [2.05, 4.69) is 48.0 Å². The van der Waals surface area contributed by atoms with Crippen molar-refractivity contribution < 1.29 is 0 Å². The molecule has 0 atom stereocenters. The van der Waals surface area contributed by atoms with Crippen LogP contribution in [0.3, 0.4) is 0 Å². The molecule has 0 spiro atoms. The molecule has 1 aliphatic rings. The highest BCUT2D eigenvalue weighted by Gasteiger charge is 2.14. The Morgan fingerprint density at radius 3 is 2.18 bits per heavy atom. The zero-order chi connectivity index (χ0) is 16.4. The summed E-state index contributed by atoms with van der Waals surface area (Å²) in [7, 11) is 2.20. The quantitative estimate of drug-likeness (QED) is 0.820. The summed E-state index contributed by atoms with van der Waals surface area (Å²) >= 11 is 0. The molecule has 2 N–H and O–H groups in total. The van der Waals surface area contributed by atoms with Gasteiger partial charge < -0.3 is 9.80 Å². The van der Waals surface area contributed by atoms with Gasteiger partial charge in [-0.05, 0) is 37.7 Å². The zero-order valence-corrected chi connectivity index (χ0v) is 14.9. The minimum absolute atomic E-state index is 0.946. The van der Waals surface area contributed by atoms with Crippen LogP contribution >= 0.6 is 0 Å². The van der Waals surface area contributed by atoms with E-state index in [1.54, 1.807) is 0 Å². The molecule has 4 nitrogen and oxygen atoms in total. The van der Waals surface area contributed by atoms with Crippen LogP contribution in [0.2, 0.25) is 0 Å². The Balaban J connectivity index is 0.00000116. The van der Waals surface area contributed by atoms with E-state index in [1.807, 2.05) is 18.9 Å². The van der Waals surface area contributed by atoms with E-state index in [9.17, 15) is 0 Å². The summed E-state index contributed by atoms with van der Waals surface area (Å²) in [5.41, 5.74) is 2.71. The molecule has 2 rings (SSSR count). The number of unbranched alkanes of at least 4 members (excludes halogenated alkanes) is 1. The van der Waals surface area contributed by atoms with Gasteiger partial charge in [0.25, 0.3) is 0 Å². The van der Waals surface area contributed by atoms with Crippen molar-refractivity contribution in [2.45, 2.75) is 40.2 Å². The topological polar surface area (TPSA) is 35.7 Å². The maximum absolute atomic E-state index is 5.80. The third-order valence-corrected chi connectivity index (χ3v) is 3.96. The van der Waals surface area contributed by atoms with Crippen LogP contribution < -0.4 is 10.7 Å². The van der Waals surface area contributed by atoms with Crippen molar-refractivity contribution >= 4 is 5.69 Å². The van der Waals surface area contributed by atoms with E-state index in [0.717, 1.165) is 32.7 Å². The van der Waals surface area contributed by atoms with E-state index in [-0.39, 0.29) is 0 Å². The molecule has 22 heavy (non-hydrogen) atoms. The van der Waals surface area contributed by atoms with Crippen LogP contribution in [0.1, 0.15) is 39.2 Å². The molecule has 1 heterocycles. The highest BCUT2D eigenvalue weighted by molar-refractivity contribution is 5.48. The van der Waals surface area contributed by atoms with Gasteiger partial charge in [-0.15, -0.1) is 0 Å². The van der Waals surface area contributed by atoms with E-state index in [1.165, 1.54) is 30.6 Å². The Kier molecular flexibility index (Phi) is 9.13. The molecule has 0 unspecified atom stereocenters. The average molecular weight is 306 g/mol. The van der Waals surface area contributed by atoms with Gasteiger partial charge in [0.1, 0.15) is 0 Å². The number of hydrogen-bond donors (Lipinski definition) is 1. The maximum atomic E-state index is 5.80. The second kappa shape index (κ2) is 10.6. The SMILES string of the molecule is CC.CCCCN(C)Cc1ccc(N2CCN(N)CC2)cc1. The van der Waals surface area contributed by atoms with Crippen LogP contribution in [0.15, 0.2) is 24.3 Å². The molecular weight excluding hydrogens is 272 g/mol. The predicted molar refractivity (Wildman–Crippen MR) is 97.0 cm³/mol. The normalized spacial score (nSPS) is 15.6. The number of nitrogens with two attached hydrogens (primary N) is 1. The molecule has 0 aliphatic carbocycles. The molecule has 1 saturated heterocycles. The van der Waals surface area contributed by atoms with Gasteiger partial charge >= 0.3 is 0 Å². The van der Waals surface area contributed by atoms with Gasteiger partial charge in [-0.3, -0.25) is 5.84 Å². The third kappa shape index (κ3) is 6.34. The van der Waals surface area contributed by atoms with Crippen molar-refractivity contribution in [2.24, 2.45) is 5.84 Å². The standard InChI is InChI=1S/C16H28N4.C2H6/c1-3-4-9-18(2)14-15-5-7-16(8-6-15)19-10-12-20(17)13-11-19;1-2/h5-8H,3-4,9-14,17H2,1-2H3;1-2H3. The Hall–Kier alpha value is -1.10. The Labute approximate surface area is 136 Å². The van der Waals surface area contributed by atoms with E-state index < -0.39 is 0 Å². The number of anilines is 1. The molecule has 0 saturated carbocycles. The lowest BCUT2D eigenvalue weighted by Gasteiger charge is -2.33. The average Bonchev–Trinajstić information content (AvgIpc) is 2.56. The fourth-order valence-corrected chi connectivity index (χ4v) is 2.61. The predicted octanol–water partition coefficient (Wildman–Crippen LogP) is 2.94. The lowest BCUT2D eigenvalue weighted by atomic mass is 10.1. The number of nitrogens with zero attached hydrogens (tertiary/aromatic N) is 3. The molecule has 0 amide bonds. The number of piperazine rings is 1. The van der Waals surface area contributed by atoms with Crippen molar-refractivity contribution in [3.8, 4) is 0 Å². The van der Waals surface area contributed by atoms with Gasteiger partial charge in [0.05, 0.1) is 0 Å². The van der Waals surface area contributed by atoms with Gasteiger partial charge in [0.2, 0.25) is 0 Å². The minimum atomic E-state index is 0.946. The molecule has 1 aliphatic heterocycles. The third-order valence-electron chi connectivity index (χ3n) is 3.96. The fraction of sp³-hybridized carbons (Fsp3) is 0.667. The highest BCUT2D eigenvalue weighted by Crippen LogP contribution is 2.17. The molecule has 4 heteroatoms. The monoisotopic (exact) mass is 306 g/mol. The van der Waals surface area contributed by atoms with Crippen molar-refractivity contribution in [1.82, 2.24) is 9.91 Å². The van der Waals surface area contributed by atoms with E-state index in [4.69, 9.17) is 5.84 Å². The zero-order valence-electron chi connectivity index (χ0n) is 14.9. The fourth-order valence-electron chi connectivity index (χ4n) is 2.61. The summed E-state index contributed by atoms with van der Waals surface area (Å²) in [5.74, 6) is 5.80. The first-order valence-electron chi connectivity index (χ1n) is 8.71. The second-order valence-corrected chi connectivity index (χ2v) is 5.78. The van der Waals surface area contributed by atoms with Crippen LogP contribution in [-0.2, 0) is 6.54 Å². The molecule has 1 fully saturated rings.